The van der Waals surface area contributed by atoms with E-state index < -0.39 is 12.5 Å². The summed E-state index contributed by atoms with van der Waals surface area (Å²) in [6.07, 6.45) is 0.962. The summed E-state index contributed by atoms with van der Waals surface area (Å²) in [4.78, 5) is 10.2. The minimum absolute atomic E-state index is 0.288. The van der Waals surface area contributed by atoms with Gasteiger partial charge in [0.05, 0.1) is 0 Å². The van der Waals surface area contributed by atoms with Gasteiger partial charge in [-0.2, -0.15) is 0 Å². The molecule has 0 aromatic rings. The molecule has 0 saturated heterocycles. The Balaban J connectivity index is 3.74. The highest BCUT2D eigenvalue weighted by Gasteiger charge is 1.86. The molecule has 0 heterocycles. The zero-order chi connectivity index (χ0) is 8.20. The van der Waals surface area contributed by atoms with Crippen LogP contribution in [0.5, 0.6) is 0 Å². The standard InChI is InChI=1S/C5H12N2O/c1-2-3-4-7-5(6)8/h2-4H2,1H3,(H3,6,7,8)/i4D2. The lowest BCUT2D eigenvalue weighted by Crippen LogP contribution is -2.29. The van der Waals surface area contributed by atoms with Crippen molar-refractivity contribution in [1.29, 1.82) is 0 Å². The van der Waals surface area contributed by atoms with Crippen LogP contribution in [0.25, 0.3) is 0 Å². The van der Waals surface area contributed by atoms with Crippen LogP contribution in [0.15, 0.2) is 0 Å². The molecule has 0 fully saturated rings. The molecule has 0 spiro atoms. The largest absolute Gasteiger partial charge is 0.352 e. The molecule has 0 aliphatic carbocycles. The lowest BCUT2D eigenvalue weighted by molar-refractivity contribution is 0.249. The zero-order valence-corrected chi connectivity index (χ0v) is 4.90. The summed E-state index contributed by atoms with van der Waals surface area (Å²) in [5.41, 5.74) is 4.72. The molecule has 0 saturated carbocycles. The first kappa shape index (κ1) is 4.18. The molecule has 0 radical (unpaired) electrons. The molecule has 0 unspecified atom stereocenters. The second-order valence-corrected chi connectivity index (χ2v) is 1.42. The number of hydrogen-bond acceptors (Lipinski definition) is 1. The normalized spacial score (nSPS) is 14.1. The summed E-state index contributed by atoms with van der Waals surface area (Å²) in [7, 11) is 0. The number of carbonyl (C=O) groups is 1. The summed E-state index contributed by atoms with van der Waals surface area (Å²) in [6, 6.07) is -0.821. The van der Waals surface area contributed by atoms with E-state index in [0.717, 1.165) is 0 Å². The van der Waals surface area contributed by atoms with Crippen LogP contribution in [-0.2, 0) is 0 Å². The third-order valence-electron chi connectivity index (χ3n) is 0.587. The zero-order valence-electron chi connectivity index (χ0n) is 6.90. The second kappa shape index (κ2) is 4.43. The van der Waals surface area contributed by atoms with Gasteiger partial charge in [0.15, 0.2) is 0 Å². The number of nitrogens with two attached hydrogens (primary N) is 1. The Morgan fingerprint density at radius 3 is 3.00 bits per heavy atom. The van der Waals surface area contributed by atoms with Gasteiger partial charge in [-0.15, -0.1) is 0 Å². The van der Waals surface area contributed by atoms with Crippen molar-refractivity contribution in [3.63, 3.8) is 0 Å². The summed E-state index contributed by atoms with van der Waals surface area (Å²) < 4.78 is 14.2. The first-order chi connectivity index (χ1) is 4.48. The highest BCUT2D eigenvalue weighted by atomic mass is 16.2. The molecular weight excluding hydrogens is 104 g/mol. The first-order valence-corrected chi connectivity index (χ1v) is 2.55. The van der Waals surface area contributed by atoms with Crippen LogP contribution in [0.2, 0.25) is 0 Å². The average Bonchev–Trinajstić information content (AvgIpc) is 1.59. The van der Waals surface area contributed by atoms with Gasteiger partial charge in [-0.25, -0.2) is 4.79 Å². The molecule has 0 bridgehead atoms. The van der Waals surface area contributed by atoms with Gasteiger partial charge in [0.2, 0.25) is 0 Å². The molecule has 48 valence electrons. The van der Waals surface area contributed by atoms with E-state index in [0.29, 0.717) is 6.42 Å². The minimum Gasteiger partial charge on any atom is -0.352 e. The van der Waals surface area contributed by atoms with Gasteiger partial charge in [-0.05, 0) is 6.42 Å². The van der Waals surface area contributed by atoms with Crippen molar-refractivity contribution in [3.05, 3.63) is 0 Å². The third kappa shape index (κ3) is 5.27. The fourth-order valence-corrected chi connectivity index (χ4v) is 0.275. The number of hydrogen-bond donors (Lipinski definition) is 2. The monoisotopic (exact) mass is 118 g/mol. The van der Waals surface area contributed by atoms with Gasteiger partial charge < -0.3 is 11.1 Å². The van der Waals surface area contributed by atoms with Crippen molar-refractivity contribution in [3.8, 4) is 0 Å². The fourth-order valence-electron chi connectivity index (χ4n) is 0.275. The average molecular weight is 118 g/mol. The maximum Gasteiger partial charge on any atom is 0.312 e. The van der Waals surface area contributed by atoms with Gasteiger partial charge in [-0.1, -0.05) is 13.3 Å². The lowest BCUT2D eigenvalue weighted by atomic mass is 10.3. The van der Waals surface area contributed by atoms with Crippen LogP contribution < -0.4 is 11.1 Å². The molecule has 0 rings (SSSR count). The number of urea groups is 1. The Labute approximate surface area is 52.1 Å². The molecule has 0 atom stereocenters. The van der Waals surface area contributed by atoms with Crippen LogP contribution in [-0.4, -0.2) is 12.5 Å². The number of rotatable bonds is 3. The Bertz CT molecular complexity index is 127. The Morgan fingerprint density at radius 2 is 2.62 bits per heavy atom. The molecule has 0 aromatic heterocycles. The smallest absolute Gasteiger partial charge is 0.312 e. The van der Waals surface area contributed by atoms with E-state index in [1.165, 1.54) is 0 Å². The van der Waals surface area contributed by atoms with Crippen molar-refractivity contribution in [2.45, 2.75) is 19.8 Å². The lowest BCUT2D eigenvalue weighted by Gasteiger charge is -1.96. The predicted octanol–water partition coefficient (Wildman–Crippen LogP) is 0.455. The maximum atomic E-state index is 10.2. The Kier molecular flexibility index (Phi) is 2.31. The summed E-state index contributed by atoms with van der Waals surface area (Å²) in [5.74, 6) is 0. The Morgan fingerprint density at radius 1 is 2.00 bits per heavy atom. The Hall–Kier alpha value is -0.730. The van der Waals surface area contributed by atoms with E-state index in [2.05, 4.69) is 0 Å². The number of carbonyl (C=O) groups excluding carboxylic acids is 1. The molecular formula is C5H12N2O. The second-order valence-electron chi connectivity index (χ2n) is 1.42. The van der Waals surface area contributed by atoms with E-state index in [1.807, 2.05) is 12.2 Å². The molecule has 3 N–H and O–H groups in total. The van der Waals surface area contributed by atoms with E-state index in [1.54, 1.807) is 0 Å². The number of nitrogens with one attached hydrogen (secondary N) is 1. The maximum absolute atomic E-state index is 10.2. The summed E-state index contributed by atoms with van der Waals surface area (Å²) in [6.45, 7) is 0.182. The highest BCUT2D eigenvalue weighted by Crippen LogP contribution is 1.80. The van der Waals surface area contributed by atoms with Crippen LogP contribution in [0.3, 0.4) is 0 Å². The molecule has 0 aliphatic rings. The molecule has 8 heavy (non-hydrogen) atoms. The minimum atomic E-state index is -1.65. The third-order valence-corrected chi connectivity index (χ3v) is 0.587. The SMILES string of the molecule is [2H]C([2H])(CCC)NC(N)=O. The van der Waals surface area contributed by atoms with Crippen LogP contribution in [0.1, 0.15) is 22.5 Å². The van der Waals surface area contributed by atoms with Crippen molar-refractivity contribution in [2.24, 2.45) is 5.73 Å². The van der Waals surface area contributed by atoms with Crippen molar-refractivity contribution >= 4 is 6.03 Å². The van der Waals surface area contributed by atoms with E-state index in [9.17, 15) is 4.79 Å². The quantitative estimate of drug-likeness (QED) is 0.555. The van der Waals surface area contributed by atoms with E-state index in [-0.39, 0.29) is 6.42 Å². The summed E-state index contributed by atoms with van der Waals surface area (Å²) in [5, 5.41) is 1.99. The topological polar surface area (TPSA) is 55.1 Å². The van der Waals surface area contributed by atoms with Gasteiger partial charge in [0, 0.05) is 9.24 Å². The number of amides is 2. The van der Waals surface area contributed by atoms with Crippen molar-refractivity contribution < 1.29 is 7.54 Å². The number of primary amides is 1. The van der Waals surface area contributed by atoms with Crippen LogP contribution in [0, 0.1) is 0 Å². The van der Waals surface area contributed by atoms with Gasteiger partial charge in [0.1, 0.15) is 0 Å². The summed E-state index contributed by atoms with van der Waals surface area (Å²) >= 11 is 0. The molecule has 2 amide bonds. The van der Waals surface area contributed by atoms with Crippen molar-refractivity contribution in [2.75, 3.05) is 6.50 Å². The molecule has 3 nitrogen and oxygen atoms in total. The van der Waals surface area contributed by atoms with E-state index in [4.69, 9.17) is 8.48 Å². The van der Waals surface area contributed by atoms with Crippen LogP contribution in [0.4, 0.5) is 4.79 Å². The molecule has 3 heteroatoms. The fraction of sp³-hybridized carbons (Fsp3) is 0.800. The van der Waals surface area contributed by atoms with E-state index >= 15 is 0 Å². The predicted molar refractivity (Wildman–Crippen MR) is 32.5 cm³/mol. The van der Waals surface area contributed by atoms with Crippen molar-refractivity contribution in [1.82, 2.24) is 5.32 Å². The molecule has 0 aromatic carbocycles. The van der Waals surface area contributed by atoms with Gasteiger partial charge >= 0.3 is 6.03 Å². The highest BCUT2D eigenvalue weighted by molar-refractivity contribution is 5.71. The molecule has 0 aliphatic heterocycles. The van der Waals surface area contributed by atoms with Gasteiger partial charge in [-0.3, -0.25) is 0 Å². The van der Waals surface area contributed by atoms with Gasteiger partial charge in [0.25, 0.3) is 0 Å². The first-order valence-electron chi connectivity index (χ1n) is 3.55. The van der Waals surface area contributed by atoms with Crippen LogP contribution >= 0.6 is 0 Å².